The Morgan fingerprint density at radius 1 is 0.629 bits per heavy atom. The van der Waals surface area contributed by atoms with Gasteiger partial charge in [0.15, 0.2) is 0 Å². The Balaban J connectivity index is 1.99. The number of hydrogen-bond acceptors (Lipinski definition) is 4. The summed E-state index contributed by atoms with van der Waals surface area (Å²) in [7, 11) is 0. The molecule has 1 rings (SSSR count). The molecular formula is C31H58O4. The van der Waals surface area contributed by atoms with E-state index >= 15 is 0 Å². The van der Waals surface area contributed by atoms with Crippen molar-refractivity contribution < 1.29 is 19.1 Å². The van der Waals surface area contributed by atoms with Crippen LogP contribution in [0.2, 0.25) is 0 Å². The quantitative estimate of drug-likeness (QED) is 0.111. The molecule has 1 aliphatic rings. The van der Waals surface area contributed by atoms with Crippen LogP contribution in [0.3, 0.4) is 0 Å². The van der Waals surface area contributed by atoms with Gasteiger partial charge in [-0.3, -0.25) is 9.59 Å². The molecule has 0 spiro atoms. The van der Waals surface area contributed by atoms with Gasteiger partial charge in [0.2, 0.25) is 0 Å². The Hall–Kier alpha value is -1.06. The van der Waals surface area contributed by atoms with E-state index < -0.39 is 0 Å². The zero-order chi connectivity index (χ0) is 25.6. The average Bonchev–Trinajstić information content (AvgIpc) is 2.88. The van der Waals surface area contributed by atoms with E-state index in [0.717, 1.165) is 44.9 Å². The van der Waals surface area contributed by atoms with E-state index in [1.54, 1.807) is 0 Å². The van der Waals surface area contributed by atoms with Crippen molar-refractivity contribution in [1.82, 2.24) is 0 Å². The highest BCUT2D eigenvalue weighted by Gasteiger charge is 2.37. The molecule has 1 saturated carbocycles. The van der Waals surface area contributed by atoms with Crippen molar-refractivity contribution in [1.29, 1.82) is 0 Å². The van der Waals surface area contributed by atoms with Crippen LogP contribution in [0.4, 0.5) is 0 Å². The van der Waals surface area contributed by atoms with E-state index in [1.807, 2.05) is 0 Å². The molecule has 0 amide bonds. The first-order valence-electron chi connectivity index (χ1n) is 15.4. The number of rotatable bonds is 22. The molecule has 0 aromatic heterocycles. The summed E-state index contributed by atoms with van der Waals surface area (Å²) in [6, 6.07) is 0. The molecule has 3 unspecified atom stereocenters. The van der Waals surface area contributed by atoms with Gasteiger partial charge in [-0.1, -0.05) is 136 Å². The first-order valence-corrected chi connectivity index (χ1v) is 15.4. The highest BCUT2D eigenvalue weighted by Crippen LogP contribution is 2.32. The largest absolute Gasteiger partial charge is 0.465 e. The molecule has 1 aliphatic carbocycles. The predicted molar refractivity (Wildman–Crippen MR) is 146 cm³/mol. The lowest BCUT2D eigenvalue weighted by molar-refractivity contribution is -0.163. The molecule has 0 aromatic carbocycles. The van der Waals surface area contributed by atoms with Gasteiger partial charge in [0.25, 0.3) is 0 Å². The van der Waals surface area contributed by atoms with Gasteiger partial charge in [-0.15, -0.1) is 0 Å². The topological polar surface area (TPSA) is 52.6 Å². The lowest BCUT2D eigenvalue weighted by Crippen LogP contribution is -2.35. The summed E-state index contributed by atoms with van der Waals surface area (Å²) < 4.78 is 11.1. The Labute approximate surface area is 217 Å². The molecule has 35 heavy (non-hydrogen) atoms. The van der Waals surface area contributed by atoms with Crippen molar-refractivity contribution in [3.8, 4) is 0 Å². The summed E-state index contributed by atoms with van der Waals surface area (Å²) in [5, 5.41) is 0. The number of ether oxygens (including phenoxy) is 2. The van der Waals surface area contributed by atoms with Gasteiger partial charge in [0.1, 0.15) is 0 Å². The standard InChI is InChI=1S/C31H58O4/c1-4-6-7-8-9-10-11-12-13-14-15-16-17-18-19-22-25-34-30(32)28-23-20-21-24-29(28)31(33)35-26-27(3)5-2/h27-29H,4-26H2,1-3H3. The van der Waals surface area contributed by atoms with Crippen molar-refractivity contribution in [3.05, 3.63) is 0 Å². The molecule has 206 valence electrons. The van der Waals surface area contributed by atoms with Gasteiger partial charge >= 0.3 is 11.9 Å². The minimum atomic E-state index is -0.314. The fourth-order valence-corrected chi connectivity index (χ4v) is 5.07. The van der Waals surface area contributed by atoms with Gasteiger partial charge in [0.05, 0.1) is 25.0 Å². The van der Waals surface area contributed by atoms with Gasteiger partial charge in [-0.05, 0) is 25.2 Å². The predicted octanol–water partition coefficient (Wildman–Crippen LogP) is 9.19. The molecule has 0 bridgehead atoms. The van der Waals surface area contributed by atoms with Gasteiger partial charge in [0, 0.05) is 0 Å². The first kappa shape index (κ1) is 32.0. The van der Waals surface area contributed by atoms with Gasteiger partial charge < -0.3 is 9.47 Å². The second-order valence-electron chi connectivity index (χ2n) is 11.1. The van der Waals surface area contributed by atoms with E-state index in [2.05, 4.69) is 20.8 Å². The van der Waals surface area contributed by atoms with Crippen molar-refractivity contribution in [2.45, 2.75) is 156 Å². The van der Waals surface area contributed by atoms with Crippen molar-refractivity contribution >= 4 is 11.9 Å². The molecule has 4 heteroatoms. The number of hydrogen-bond donors (Lipinski definition) is 0. The molecule has 0 heterocycles. The second kappa shape index (κ2) is 22.2. The Morgan fingerprint density at radius 2 is 1.03 bits per heavy atom. The van der Waals surface area contributed by atoms with E-state index in [-0.39, 0.29) is 23.8 Å². The van der Waals surface area contributed by atoms with E-state index in [4.69, 9.17) is 9.47 Å². The second-order valence-corrected chi connectivity index (χ2v) is 11.1. The first-order chi connectivity index (χ1) is 17.1. The third kappa shape index (κ3) is 16.3. The number of carbonyl (C=O) groups excluding carboxylic acids is 2. The normalized spacial score (nSPS) is 18.8. The average molecular weight is 495 g/mol. The van der Waals surface area contributed by atoms with Crippen molar-refractivity contribution in [2.24, 2.45) is 17.8 Å². The maximum Gasteiger partial charge on any atom is 0.309 e. The van der Waals surface area contributed by atoms with Crippen molar-refractivity contribution in [2.75, 3.05) is 13.2 Å². The van der Waals surface area contributed by atoms with Crippen LogP contribution in [0.5, 0.6) is 0 Å². The maximum atomic E-state index is 12.6. The molecule has 1 fully saturated rings. The summed E-state index contributed by atoms with van der Waals surface area (Å²) in [4.78, 5) is 25.2. The summed E-state index contributed by atoms with van der Waals surface area (Å²) >= 11 is 0. The lowest BCUT2D eigenvalue weighted by atomic mass is 9.79. The fraction of sp³-hybridized carbons (Fsp3) is 0.935. The van der Waals surface area contributed by atoms with Crippen LogP contribution in [-0.4, -0.2) is 25.2 Å². The van der Waals surface area contributed by atoms with Crippen LogP contribution >= 0.6 is 0 Å². The highest BCUT2D eigenvalue weighted by molar-refractivity contribution is 5.82. The molecule has 0 saturated heterocycles. The zero-order valence-electron chi connectivity index (χ0n) is 23.6. The van der Waals surface area contributed by atoms with Crippen LogP contribution in [0.25, 0.3) is 0 Å². The van der Waals surface area contributed by atoms with E-state index in [1.165, 1.54) is 89.9 Å². The summed E-state index contributed by atoms with van der Waals surface area (Å²) in [6.07, 6.45) is 25.8. The summed E-state index contributed by atoms with van der Waals surface area (Å²) in [6.45, 7) is 7.40. The van der Waals surface area contributed by atoms with Crippen LogP contribution < -0.4 is 0 Å². The van der Waals surface area contributed by atoms with Crippen LogP contribution in [0.15, 0.2) is 0 Å². The number of unbranched alkanes of at least 4 members (excludes halogenated alkanes) is 15. The third-order valence-electron chi connectivity index (χ3n) is 7.82. The highest BCUT2D eigenvalue weighted by atomic mass is 16.5. The number of carbonyl (C=O) groups is 2. The van der Waals surface area contributed by atoms with Crippen LogP contribution in [0, 0.1) is 17.8 Å². The zero-order valence-corrected chi connectivity index (χ0v) is 23.6. The van der Waals surface area contributed by atoms with Crippen LogP contribution in [0.1, 0.15) is 156 Å². The molecular weight excluding hydrogens is 436 g/mol. The molecule has 0 aliphatic heterocycles. The van der Waals surface area contributed by atoms with Crippen molar-refractivity contribution in [3.63, 3.8) is 0 Å². The fourth-order valence-electron chi connectivity index (χ4n) is 5.07. The Morgan fingerprint density at radius 3 is 1.46 bits per heavy atom. The molecule has 4 nitrogen and oxygen atoms in total. The maximum absolute atomic E-state index is 12.6. The summed E-state index contributed by atoms with van der Waals surface area (Å²) in [5.41, 5.74) is 0. The summed E-state index contributed by atoms with van der Waals surface area (Å²) in [5.74, 6) is -0.645. The van der Waals surface area contributed by atoms with Gasteiger partial charge in [-0.2, -0.15) is 0 Å². The van der Waals surface area contributed by atoms with Crippen LogP contribution in [-0.2, 0) is 19.1 Å². The molecule has 3 atom stereocenters. The Kier molecular flexibility index (Phi) is 20.2. The molecule has 0 N–H and O–H groups in total. The van der Waals surface area contributed by atoms with E-state index in [9.17, 15) is 9.59 Å². The SMILES string of the molecule is CCCCCCCCCCCCCCCCCCOC(=O)C1CCCCC1C(=O)OCC(C)CC. The molecule has 0 aromatic rings. The lowest BCUT2D eigenvalue weighted by Gasteiger charge is -2.28. The molecule has 0 radical (unpaired) electrons. The Bertz CT molecular complexity index is 518. The smallest absolute Gasteiger partial charge is 0.309 e. The monoisotopic (exact) mass is 494 g/mol. The minimum Gasteiger partial charge on any atom is -0.465 e. The minimum absolute atomic E-state index is 0.184. The van der Waals surface area contributed by atoms with Gasteiger partial charge in [-0.25, -0.2) is 0 Å². The third-order valence-corrected chi connectivity index (χ3v) is 7.82. The number of esters is 2. The van der Waals surface area contributed by atoms with E-state index in [0.29, 0.717) is 19.1 Å².